The van der Waals surface area contributed by atoms with Crippen molar-refractivity contribution in [3.8, 4) is 0 Å². The third-order valence-corrected chi connectivity index (χ3v) is 3.81. The van der Waals surface area contributed by atoms with E-state index in [9.17, 15) is 9.59 Å². The first-order valence-corrected chi connectivity index (χ1v) is 7.31. The minimum atomic E-state index is -0.465. The molecule has 0 spiro atoms. The average molecular weight is 281 g/mol. The Hall–Kier alpha value is -1.32. The number of amides is 1. The van der Waals surface area contributed by atoms with E-state index in [-0.39, 0.29) is 11.5 Å². The summed E-state index contributed by atoms with van der Waals surface area (Å²) >= 11 is 0. The van der Waals surface area contributed by atoms with E-state index >= 15 is 0 Å². The van der Waals surface area contributed by atoms with Gasteiger partial charge in [-0.05, 0) is 37.0 Å². The van der Waals surface area contributed by atoms with Crippen molar-refractivity contribution in [3.05, 3.63) is 12.7 Å². The lowest BCUT2D eigenvalue weighted by atomic mass is 9.87. The molecule has 0 unspecified atom stereocenters. The zero-order valence-electron chi connectivity index (χ0n) is 13.1. The second kappa shape index (κ2) is 6.91. The van der Waals surface area contributed by atoms with Crippen LogP contribution < -0.4 is 0 Å². The fraction of sp³-hybridized carbons (Fsp3) is 0.750. The molecule has 0 aromatic rings. The molecule has 20 heavy (non-hydrogen) atoms. The molecule has 1 fully saturated rings. The van der Waals surface area contributed by atoms with Gasteiger partial charge in [0, 0.05) is 7.05 Å². The summed E-state index contributed by atoms with van der Waals surface area (Å²) in [5.74, 6) is 0.483. The summed E-state index contributed by atoms with van der Waals surface area (Å²) in [6.45, 7) is 9.50. The minimum Gasteiger partial charge on any atom is -0.446 e. The first kappa shape index (κ1) is 16.7. The largest absolute Gasteiger partial charge is 0.446 e. The van der Waals surface area contributed by atoms with Gasteiger partial charge in [0.25, 0.3) is 0 Å². The molecule has 0 aromatic heterocycles. The van der Waals surface area contributed by atoms with E-state index in [1.54, 1.807) is 7.05 Å². The number of rotatable bonds is 7. The van der Waals surface area contributed by atoms with Gasteiger partial charge in [0.05, 0.1) is 6.04 Å². The summed E-state index contributed by atoms with van der Waals surface area (Å²) in [6.07, 6.45) is 6.48. The minimum absolute atomic E-state index is 0.0297. The molecule has 4 heteroatoms. The van der Waals surface area contributed by atoms with Crippen LogP contribution in [-0.4, -0.2) is 36.5 Å². The van der Waals surface area contributed by atoms with E-state index < -0.39 is 12.1 Å². The van der Waals surface area contributed by atoms with Crippen molar-refractivity contribution in [2.45, 2.75) is 58.6 Å². The van der Waals surface area contributed by atoms with Gasteiger partial charge in [-0.2, -0.15) is 0 Å². The number of unbranched alkanes of at least 4 members (excludes halogenated alkanes) is 1. The maximum atomic E-state index is 12.0. The molecule has 0 bridgehead atoms. The highest BCUT2D eigenvalue weighted by molar-refractivity contribution is 5.74. The standard InChI is InChI=1S/C16H27NO3/c1-6-7-8-9-12-10-13(12)20-15(19)17(5)14(11-18)16(2,3)4/h6,11-14H,1,7-10H2,2-5H3/t12-,13-,14-/m1/s1. The van der Waals surface area contributed by atoms with E-state index in [1.807, 2.05) is 26.8 Å². The predicted octanol–water partition coefficient (Wildman–Crippen LogP) is 3.41. The number of allylic oxidation sites excluding steroid dienone is 1. The second-order valence-electron chi connectivity index (χ2n) is 6.70. The molecular weight excluding hydrogens is 254 g/mol. The number of carbonyl (C=O) groups is 2. The topological polar surface area (TPSA) is 46.6 Å². The van der Waals surface area contributed by atoms with E-state index in [1.165, 1.54) is 4.90 Å². The summed E-state index contributed by atoms with van der Waals surface area (Å²) in [7, 11) is 1.63. The highest BCUT2D eigenvalue weighted by Crippen LogP contribution is 2.38. The molecule has 0 saturated heterocycles. The van der Waals surface area contributed by atoms with Crippen molar-refractivity contribution in [3.63, 3.8) is 0 Å². The van der Waals surface area contributed by atoms with E-state index in [0.717, 1.165) is 32.0 Å². The Morgan fingerprint density at radius 1 is 1.50 bits per heavy atom. The highest BCUT2D eigenvalue weighted by Gasteiger charge is 2.41. The molecule has 1 aliphatic rings. The third kappa shape index (κ3) is 4.66. The van der Waals surface area contributed by atoms with Crippen LogP contribution in [0, 0.1) is 11.3 Å². The van der Waals surface area contributed by atoms with E-state index in [0.29, 0.717) is 5.92 Å². The number of hydrogen-bond acceptors (Lipinski definition) is 3. The van der Waals surface area contributed by atoms with E-state index in [2.05, 4.69) is 6.58 Å². The summed E-state index contributed by atoms with van der Waals surface area (Å²) in [5, 5.41) is 0. The Morgan fingerprint density at radius 3 is 2.65 bits per heavy atom. The number of hydrogen-bond donors (Lipinski definition) is 0. The molecule has 1 rings (SSSR count). The van der Waals surface area contributed by atoms with Gasteiger partial charge in [0.2, 0.25) is 0 Å². The van der Waals surface area contributed by atoms with Crippen LogP contribution in [0.3, 0.4) is 0 Å². The average Bonchev–Trinajstić information content (AvgIpc) is 3.06. The zero-order chi connectivity index (χ0) is 15.3. The summed E-state index contributed by atoms with van der Waals surface area (Å²) < 4.78 is 5.45. The molecule has 1 aliphatic carbocycles. The van der Waals surface area contributed by atoms with Crippen LogP contribution in [0.5, 0.6) is 0 Å². The summed E-state index contributed by atoms with van der Waals surface area (Å²) in [4.78, 5) is 24.6. The van der Waals surface area contributed by atoms with Gasteiger partial charge >= 0.3 is 6.09 Å². The first-order valence-electron chi connectivity index (χ1n) is 7.31. The number of ether oxygens (including phenoxy) is 1. The molecule has 114 valence electrons. The SMILES string of the molecule is C=CCCC[C@@H]1C[C@H]1OC(=O)N(C)[C@H](C=O)C(C)(C)C. The molecule has 1 saturated carbocycles. The van der Waals surface area contributed by atoms with Crippen molar-refractivity contribution >= 4 is 12.4 Å². The van der Waals surface area contributed by atoms with Crippen LogP contribution in [0.15, 0.2) is 12.7 Å². The van der Waals surface area contributed by atoms with Gasteiger partial charge in [-0.25, -0.2) is 4.79 Å². The molecule has 0 aliphatic heterocycles. The molecule has 1 amide bonds. The van der Waals surface area contributed by atoms with Crippen molar-refractivity contribution in [2.75, 3.05) is 7.05 Å². The number of carbonyl (C=O) groups excluding carboxylic acids is 2. The molecule has 0 radical (unpaired) electrons. The lowest BCUT2D eigenvalue weighted by Gasteiger charge is -2.33. The van der Waals surface area contributed by atoms with Crippen molar-refractivity contribution in [1.82, 2.24) is 4.90 Å². The summed E-state index contributed by atoms with van der Waals surface area (Å²) in [6, 6.07) is -0.465. The van der Waals surface area contributed by atoms with Crippen LogP contribution in [0.1, 0.15) is 46.5 Å². The molecule has 0 heterocycles. The molecular formula is C16H27NO3. The fourth-order valence-electron chi connectivity index (χ4n) is 2.39. The number of likely N-dealkylation sites (N-methyl/N-ethyl adjacent to an activating group) is 1. The molecule has 4 nitrogen and oxygen atoms in total. The lowest BCUT2D eigenvalue weighted by molar-refractivity contribution is -0.114. The highest BCUT2D eigenvalue weighted by atomic mass is 16.6. The third-order valence-electron chi connectivity index (χ3n) is 3.81. The van der Waals surface area contributed by atoms with Crippen molar-refractivity contribution in [1.29, 1.82) is 0 Å². The maximum Gasteiger partial charge on any atom is 0.410 e. The van der Waals surface area contributed by atoms with E-state index in [4.69, 9.17) is 4.74 Å². The maximum absolute atomic E-state index is 12.0. The van der Waals surface area contributed by atoms with Crippen LogP contribution in [0.25, 0.3) is 0 Å². The smallest absolute Gasteiger partial charge is 0.410 e. The van der Waals surface area contributed by atoms with Gasteiger partial charge < -0.3 is 14.4 Å². The van der Waals surface area contributed by atoms with Gasteiger partial charge in [-0.15, -0.1) is 6.58 Å². The van der Waals surface area contributed by atoms with Gasteiger partial charge in [-0.3, -0.25) is 0 Å². The van der Waals surface area contributed by atoms with Crippen molar-refractivity contribution < 1.29 is 14.3 Å². The van der Waals surface area contributed by atoms with Crippen LogP contribution in [0.2, 0.25) is 0 Å². The molecule has 3 atom stereocenters. The molecule has 0 N–H and O–H groups in total. The van der Waals surface area contributed by atoms with Crippen molar-refractivity contribution in [2.24, 2.45) is 11.3 Å². The predicted molar refractivity (Wildman–Crippen MR) is 79.5 cm³/mol. The fourth-order valence-corrected chi connectivity index (χ4v) is 2.39. The molecule has 0 aromatic carbocycles. The Bertz CT molecular complexity index is 359. The Morgan fingerprint density at radius 2 is 2.15 bits per heavy atom. The van der Waals surface area contributed by atoms with Crippen LogP contribution >= 0.6 is 0 Å². The zero-order valence-corrected chi connectivity index (χ0v) is 13.1. The number of nitrogens with zero attached hydrogens (tertiary/aromatic N) is 1. The Balaban J connectivity index is 2.40. The summed E-state index contributed by atoms with van der Waals surface area (Å²) in [5.41, 5.74) is -0.289. The quantitative estimate of drug-likeness (QED) is 0.408. The van der Waals surface area contributed by atoms with Gasteiger partial charge in [0.1, 0.15) is 12.4 Å². The van der Waals surface area contributed by atoms with Crippen LogP contribution in [-0.2, 0) is 9.53 Å². The lowest BCUT2D eigenvalue weighted by Crippen LogP contribution is -2.46. The Labute approximate surface area is 122 Å². The van der Waals surface area contributed by atoms with Crippen LogP contribution in [0.4, 0.5) is 4.79 Å². The first-order chi connectivity index (χ1) is 9.31. The second-order valence-corrected chi connectivity index (χ2v) is 6.70. The number of aldehydes is 1. The van der Waals surface area contributed by atoms with Gasteiger partial charge in [-0.1, -0.05) is 26.8 Å². The normalized spacial score (nSPS) is 22.8. The Kier molecular flexibility index (Phi) is 5.78. The van der Waals surface area contributed by atoms with Gasteiger partial charge in [0.15, 0.2) is 0 Å². The monoisotopic (exact) mass is 281 g/mol.